The van der Waals surface area contributed by atoms with Crippen LogP contribution in [0, 0.1) is 0 Å². The van der Waals surface area contributed by atoms with Crippen LogP contribution in [0.4, 0.5) is 16.3 Å². The van der Waals surface area contributed by atoms with E-state index in [-0.39, 0.29) is 6.03 Å². The molecule has 1 aromatic carbocycles. The molecule has 0 atom stereocenters. The van der Waals surface area contributed by atoms with Crippen LogP contribution >= 0.6 is 0 Å². The van der Waals surface area contributed by atoms with E-state index >= 15 is 0 Å². The molecule has 6 heteroatoms. The second-order valence-corrected chi connectivity index (χ2v) is 4.30. The van der Waals surface area contributed by atoms with Gasteiger partial charge in [-0.3, -0.25) is 4.90 Å². The lowest BCUT2D eigenvalue weighted by Gasteiger charge is -2.16. The summed E-state index contributed by atoms with van der Waals surface area (Å²) in [6.45, 7) is 1.34. The van der Waals surface area contributed by atoms with Gasteiger partial charge in [0.25, 0.3) is 0 Å². The van der Waals surface area contributed by atoms with E-state index < -0.39 is 0 Å². The van der Waals surface area contributed by atoms with Crippen molar-refractivity contribution < 1.29 is 4.79 Å². The number of benzene rings is 1. The highest BCUT2D eigenvalue weighted by Crippen LogP contribution is 2.28. The molecule has 0 saturated carbocycles. The van der Waals surface area contributed by atoms with Gasteiger partial charge in [-0.15, -0.1) is 0 Å². The molecule has 2 N–H and O–H groups in total. The van der Waals surface area contributed by atoms with Crippen molar-refractivity contribution in [3.63, 3.8) is 0 Å². The van der Waals surface area contributed by atoms with Crippen molar-refractivity contribution >= 4 is 28.4 Å². The summed E-state index contributed by atoms with van der Waals surface area (Å²) in [6.07, 6.45) is 1.44. The van der Waals surface area contributed by atoms with Gasteiger partial charge >= 0.3 is 6.03 Å². The van der Waals surface area contributed by atoms with Crippen LogP contribution in [-0.4, -0.2) is 41.0 Å². The largest absolute Gasteiger partial charge is 0.397 e. The summed E-state index contributed by atoms with van der Waals surface area (Å²) in [4.78, 5) is 23.7. The highest BCUT2D eigenvalue weighted by Gasteiger charge is 2.28. The number of anilines is 2. The number of nitrogen functional groups attached to an aromatic ring is 1. The van der Waals surface area contributed by atoms with Gasteiger partial charge in [-0.25, -0.2) is 14.8 Å². The van der Waals surface area contributed by atoms with Crippen LogP contribution in [0.2, 0.25) is 0 Å². The zero-order valence-electron chi connectivity index (χ0n) is 10.00. The number of para-hydroxylation sites is 1. The molecule has 0 spiro atoms. The molecule has 1 aliphatic heterocycles. The Labute approximate surface area is 104 Å². The summed E-state index contributed by atoms with van der Waals surface area (Å²) in [5.41, 5.74) is 7.16. The van der Waals surface area contributed by atoms with Crippen molar-refractivity contribution in [1.29, 1.82) is 0 Å². The lowest BCUT2D eigenvalue weighted by atomic mass is 10.2. The van der Waals surface area contributed by atoms with Gasteiger partial charge in [-0.2, -0.15) is 0 Å². The number of hydrogen-bond donors (Lipinski definition) is 1. The second kappa shape index (κ2) is 3.83. The molecule has 1 saturated heterocycles. The maximum atomic E-state index is 12.0. The highest BCUT2D eigenvalue weighted by molar-refractivity contribution is 6.03. The molecule has 6 nitrogen and oxygen atoms in total. The Kier molecular flexibility index (Phi) is 2.29. The Bertz CT molecular complexity index is 627. The molecule has 0 aliphatic carbocycles. The number of carbonyl (C=O) groups excluding carboxylic acids is 1. The van der Waals surface area contributed by atoms with E-state index in [0.29, 0.717) is 30.1 Å². The maximum Gasteiger partial charge on any atom is 0.325 e. The normalized spacial score (nSPS) is 15.7. The summed E-state index contributed by atoms with van der Waals surface area (Å²) in [5, 5.41) is 0.807. The predicted octanol–water partition coefficient (Wildman–Crippen LogP) is 1.08. The minimum atomic E-state index is -0.0441. The Hall–Kier alpha value is -2.37. The van der Waals surface area contributed by atoms with E-state index in [1.54, 1.807) is 22.9 Å². The van der Waals surface area contributed by atoms with Crippen molar-refractivity contribution in [3.05, 3.63) is 24.5 Å². The number of nitrogens with two attached hydrogens (primary N) is 1. The van der Waals surface area contributed by atoms with E-state index in [1.165, 1.54) is 6.33 Å². The fraction of sp³-hybridized carbons (Fsp3) is 0.250. The smallest absolute Gasteiger partial charge is 0.325 e. The molecule has 1 aromatic heterocycles. The van der Waals surface area contributed by atoms with E-state index in [9.17, 15) is 4.79 Å². The maximum absolute atomic E-state index is 12.0. The molecular weight excluding hydrogens is 230 g/mol. The molecule has 18 heavy (non-hydrogen) atoms. The number of fused-ring (bicyclic) bond motifs is 1. The number of amides is 2. The van der Waals surface area contributed by atoms with Crippen molar-refractivity contribution in [2.45, 2.75) is 0 Å². The number of likely N-dealkylation sites (N-methyl/N-ethyl adjacent to an activating group) is 1. The highest BCUT2D eigenvalue weighted by atomic mass is 16.2. The molecule has 3 rings (SSSR count). The average Bonchev–Trinajstić information content (AvgIpc) is 2.70. The Morgan fingerprint density at radius 3 is 2.83 bits per heavy atom. The molecule has 1 fully saturated rings. The summed E-state index contributed by atoms with van der Waals surface area (Å²) in [7, 11) is 1.78. The van der Waals surface area contributed by atoms with Gasteiger partial charge < -0.3 is 10.6 Å². The van der Waals surface area contributed by atoms with Crippen LogP contribution in [0.3, 0.4) is 0 Å². The van der Waals surface area contributed by atoms with Crippen molar-refractivity contribution in [1.82, 2.24) is 14.9 Å². The number of carbonyl (C=O) groups is 1. The Morgan fingerprint density at radius 2 is 2.11 bits per heavy atom. The molecular formula is C12H13N5O. The van der Waals surface area contributed by atoms with Crippen LogP contribution < -0.4 is 10.6 Å². The molecule has 1 aliphatic rings. The lowest BCUT2D eigenvalue weighted by molar-refractivity contribution is 0.229. The van der Waals surface area contributed by atoms with Crippen molar-refractivity contribution in [2.75, 3.05) is 30.8 Å². The van der Waals surface area contributed by atoms with Crippen LogP contribution in [0.1, 0.15) is 0 Å². The third kappa shape index (κ3) is 1.46. The number of aromatic nitrogens is 2. The van der Waals surface area contributed by atoms with E-state index in [2.05, 4.69) is 9.97 Å². The van der Waals surface area contributed by atoms with Gasteiger partial charge in [0, 0.05) is 25.5 Å². The second-order valence-electron chi connectivity index (χ2n) is 4.30. The molecule has 2 aromatic rings. The monoisotopic (exact) mass is 243 g/mol. The summed E-state index contributed by atoms with van der Waals surface area (Å²) in [5.74, 6) is 0.627. The first-order valence-electron chi connectivity index (χ1n) is 5.70. The van der Waals surface area contributed by atoms with Gasteiger partial charge in [0.15, 0.2) is 0 Å². The first-order valence-corrected chi connectivity index (χ1v) is 5.70. The van der Waals surface area contributed by atoms with Crippen molar-refractivity contribution in [3.8, 4) is 0 Å². The van der Waals surface area contributed by atoms with E-state index in [0.717, 1.165) is 5.39 Å². The fourth-order valence-corrected chi connectivity index (χ4v) is 2.16. The molecule has 0 bridgehead atoms. The molecule has 92 valence electrons. The minimum absolute atomic E-state index is 0.0441. The quantitative estimate of drug-likeness (QED) is 0.760. The third-order valence-electron chi connectivity index (χ3n) is 3.15. The first kappa shape index (κ1) is 10.8. The van der Waals surface area contributed by atoms with Crippen molar-refractivity contribution in [2.24, 2.45) is 0 Å². The zero-order valence-corrected chi connectivity index (χ0v) is 10.00. The minimum Gasteiger partial charge on any atom is -0.397 e. The van der Waals surface area contributed by atoms with E-state index in [1.807, 2.05) is 12.1 Å². The van der Waals surface area contributed by atoms with Gasteiger partial charge in [0.2, 0.25) is 0 Å². The lowest BCUT2D eigenvalue weighted by Crippen LogP contribution is -2.30. The standard InChI is InChI=1S/C12H13N5O/c1-16-5-6-17(12(16)18)11-8-3-2-4-9(13)10(8)14-7-15-11/h2-4,7H,5-6,13H2,1H3. The van der Waals surface area contributed by atoms with Gasteiger partial charge in [-0.05, 0) is 12.1 Å². The van der Waals surface area contributed by atoms with Gasteiger partial charge in [0.1, 0.15) is 12.1 Å². The fourth-order valence-electron chi connectivity index (χ4n) is 2.16. The predicted molar refractivity (Wildman–Crippen MR) is 69.3 cm³/mol. The van der Waals surface area contributed by atoms with Crippen LogP contribution in [-0.2, 0) is 0 Å². The number of nitrogens with zero attached hydrogens (tertiary/aromatic N) is 4. The topological polar surface area (TPSA) is 75.3 Å². The number of hydrogen-bond acceptors (Lipinski definition) is 4. The Morgan fingerprint density at radius 1 is 1.28 bits per heavy atom. The molecule has 0 unspecified atom stereocenters. The van der Waals surface area contributed by atoms with E-state index in [4.69, 9.17) is 5.73 Å². The Balaban J connectivity index is 2.18. The molecule has 0 radical (unpaired) electrons. The number of rotatable bonds is 1. The number of urea groups is 1. The van der Waals surface area contributed by atoms with Crippen LogP contribution in [0.15, 0.2) is 24.5 Å². The first-order chi connectivity index (χ1) is 8.68. The third-order valence-corrected chi connectivity index (χ3v) is 3.15. The molecule has 2 amide bonds. The van der Waals surface area contributed by atoms with Gasteiger partial charge in [0.05, 0.1) is 11.2 Å². The summed E-state index contributed by atoms with van der Waals surface area (Å²) in [6, 6.07) is 5.47. The van der Waals surface area contributed by atoms with Crippen LogP contribution in [0.25, 0.3) is 10.9 Å². The van der Waals surface area contributed by atoms with Gasteiger partial charge in [-0.1, -0.05) is 6.07 Å². The SMILES string of the molecule is CN1CCN(c2ncnc3c(N)cccc23)C1=O. The molecule has 2 heterocycles. The summed E-state index contributed by atoms with van der Waals surface area (Å²) < 4.78 is 0. The average molecular weight is 243 g/mol. The zero-order chi connectivity index (χ0) is 12.7. The summed E-state index contributed by atoms with van der Waals surface area (Å²) >= 11 is 0. The van der Waals surface area contributed by atoms with Crippen LogP contribution in [0.5, 0.6) is 0 Å².